The van der Waals surface area contributed by atoms with E-state index in [2.05, 4.69) is 10.0 Å². The molecule has 7 nitrogen and oxygen atoms in total. The lowest BCUT2D eigenvalue weighted by atomic mass is 10.1. The number of hydrogen-bond acceptors (Lipinski definition) is 4. The van der Waals surface area contributed by atoms with E-state index in [0.717, 1.165) is 18.4 Å². The lowest BCUT2D eigenvalue weighted by molar-refractivity contribution is -0.116. The Hall–Kier alpha value is -2.71. The molecule has 2 aromatic carbocycles. The van der Waals surface area contributed by atoms with Gasteiger partial charge in [0.15, 0.2) is 0 Å². The van der Waals surface area contributed by atoms with E-state index in [1.807, 2.05) is 0 Å². The highest BCUT2D eigenvalue weighted by molar-refractivity contribution is 7.89. The molecule has 4 N–H and O–H groups in total. The zero-order valence-electron chi connectivity index (χ0n) is 15.6. The molecular weight excluding hydrogens is 378 g/mol. The smallest absolute Gasteiger partial charge is 0.248 e. The number of carbonyl (C=O) groups is 2. The monoisotopic (exact) mass is 401 g/mol. The summed E-state index contributed by atoms with van der Waals surface area (Å²) in [5, 5.41) is 2.79. The molecule has 1 fully saturated rings. The van der Waals surface area contributed by atoms with Crippen molar-refractivity contribution >= 4 is 27.5 Å². The summed E-state index contributed by atoms with van der Waals surface area (Å²) in [5.41, 5.74) is 7.86. The van der Waals surface area contributed by atoms with Crippen molar-refractivity contribution in [2.24, 2.45) is 5.73 Å². The van der Waals surface area contributed by atoms with E-state index in [1.165, 1.54) is 0 Å². The Morgan fingerprint density at radius 1 is 1.11 bits per heavy atom. The second kappa shape index (κ2) is 8.12. The molecular formula is C20H23N3O4S. The fourth-order valence-corrected chi connectivity index (χ4v) is 4.13. The summed E-state index contributed by atoms with van der Waals surface area (Å²) in [6.07, 6.45) is 2.51. The Morgan fingerprint density at radius 2 is 1.79 bits per heavy atom. The standard InChI is InChI=1S/C20H23N3O4S/c1-13-12-16(7-10-18(13)20(21)25)22-19(24)11-4-14-2-8-17(9-3-14)28(26,27)23-15-5-6-15/h2-3,7-10,12,15,23H,4-6,11H2,1H3,(H2,21,25)(H,22,24). The van der Waals surface area contributed by atoms with Gasteiger partial charge in [0.2, 0.25) is 21.8 Å². The molecule has 0 aliphatic heterocycles. The molecule has 1 aliphatic rings. The highest BCUT2D eigenvalue weighted by Crippen LogP contribution is 2.22. The maximum atomic E-state index is 12.2. The Kier molecular flexibility index (Phi) is 5.81. The first-order valence-corrected chi connectivity index (χ1v) is 10.5. The summed E-state index contributed by atoms with van der Waals surface area (Å²) in [6, 6.07) is 11.5. The number of rotatable bonds is 8. The molecule has 3 rings (SSSR count). The van der Waals surface area contributed by atoms with Gasteiger partial charge < -0.3 is 11.1 Å². The molecule has 0 unspecified atom stereocenters. The Morgan fingerprint density at radius 3 is 2.36 bits per heavy atom. The second-order valence-corrected chi connectivity index (χ2v) is 8.70. The Bertz CT molecular complexity index is 997. The van der Waals surface area contributed by atoms with Gasteiger partial charge in [0.25, 0.3) is 0 Å². The third kappa shape index (κ3) is 5.17. The fourth-order valence-electron chi connectivity index (χ4n) is 2.82. The van der Waals surface area contributed by atoms with Crippen LogP contribution in [0, 0.1) is 6.92 Å². The van der Waals surface area contributed by atoms with Crippen LogP contribution >= 0.6 is 0 Å². The first-order valence-electron chi connectivity index (χ1n) is 9.06. The van der Waals surface area contributed by atoms with Crippen molar-refractivity contribution in [1.29, 1.82) is 0 Å². The lowest BCUT2D eigenvalue weighted by Gasteiger charge is -2.09. The molecule has 8 heteroatoms. The molecule has 0 aromatic heterocycles. The maximum absolute atomic E-state index is 12.2. The van der Waals surface area contributed by atoms with Gasteiger partial charge in [-0.2, -0.15) is 0 Å². The van der Waals surface area contributed by atoms with Crippen molar-refractivity contribution in [2.75, 3.05) is 5.32 Å². The molecule has 0 atom stereocenters. The summed E-state index contributed by atoms with van der Waals surface area (Å²) in [4.78, 5) is 23.6. The highest BCUT2D eigenvalue weighted by atomic mass is 32.2. The highest BCUT2D eigenvalue weighted by Gasteiger charge is 2.27. The summed E-state index contributed by atoms with van der Waals surface area (Å²) >= 11 is 0. The van der Waals surface area contributed by atoms with Gasteiger partial charge in [0.1, 0.15) is 0 Å². The Balaban J connectivity index is 1.54. The van der Waals surface area contributed by atoms with E-state index >= 15 is 0 Å². The van der Waals surface area contributed by atoms with Crippen molar-refractivity contribution in [3.63, 3.8) is 0 Å². The zero-order valence-corrected chi connectivity index (χ0v) is 16.4. The number of benzene rings is 2. The normalized spacial score (nSPS) is 13.9. The molecule has 0 spiro atoms. The second-order valence-electron chi connectivity index (χ2n) is 6.98. The first kappa shape index (κ1) is 20.0. The van der Waals surface area contributed by atoms with Crippen molar-refractivity contribution in [3.8, 4) is 0 Å². The van der Waals surface area contributed by atoms with Gasteiger partial charge in [0.05, 0.1) is 4.90 Å². The SMILES string of the molecule is Cc1cc(NC(=O)CCc2ccc(S(=O)(=O)NC3CC3)cc2)ccc1C(N)=O. The average Bonchev–Trinajstić information content (AvgIpc) is 3.43. The number of sulfonamides is 1. The van der Waals surface area contributed by atoms with E-state index in [9.17, 15) is 18.0 Å². The van der Waals surface area contributed by atoms with Crippen LogP contribution in [-0.4, -0.2) is 26.3 Å². The third-order valence-corrected chi connectivity index (χ3v) is 6.09. The van der Waals surface area contributed by atoms with E-state index in [-0.39, 0.29) is 23.3 Å². The minimum Gasteiger partial charge on any atom is -0.366 e. The van der Waals surface area contributed by atoms with Gasteiger partial charge in [-0.25, -0.2) is 13.1 Å². The van der Waals surface area contributed by atoms with E-state index in [1.54, 1.807) is 49.4 Å². The van der Waals surface area contributed by atoms with Crippen LogP contribution in [0.25, 0.3) is 0 Å². The summed E-state index contributed by atoms with van der Waals surface area (Å²) in [6.45, 7) is 1.75. The van der Waals surface area contributed by atoms with Crippen molar-refractivity contribution in [1.82, 2.24) is 4.72 Å². The number of nitrogens with one attached hydrogen (secondary N) is 2. The largest absolute Gasteiger partial charge is 0.366 e. The summed E-state index contributed by atoms with van der Waals surface area (Å²) in [5.74, 6) is -0.675. The number of hydrogen-bond donors (Lipinski definition) is 3. The van der Waals surface area contributed by atoms with Gasteiger partial charge in [0, 0.05) is 23.7 Å². The van der Waals surface area contributed by atoms with Crippen LogP contribution in [0.15, 0.2) is 47.4 Å². The summed E-state index contributed by atoms with van der Waals surface area (Å²) in [7, 11) is -3.46. The van der Waals surface area contributed by atoms with Gasteiger partial charge in [-0.3, -0.25) is 9.59 Å². The van der Waals surface area contributed by atoms with E-state index < -0.39 is 15.9 Å². The number of nitrogens with two attached hydrogens (primary N) is 1. The molecule has 28 heavy (non-hydrogen) atoms. The predicted molar refractivity (Wildman–Crippen MR) is 106 cm³/mol. The molecule has 1 saturated carbocycles. The number of carbonyl (C=O) groups excluding carboxylic acids is 2. The number of primary amides is 1. The maximum Gasteiger partial charge on any atom is 0.248 e. The van der Waals surface area contributed by atoms with Crippen molar-refractivity contribution in [2.45, 2.75) is 43.5 Å². The van der Waals surface area contributed by atoms with E-state index in [4.69, 9.17) is 5.73 Å². The molecule has 1 aliphatic carbocycles. The van der Waals surface area contributed by atoms with Crippen LogP contribution in [0.4, 0.5) is 5.69 Å². The van der Waals surface area contributed by atoms with Crippen LogP contribution in [0.3, 0.4) is 0 Å². The van der Waals surface area contributed by atoms with Crippen LogP contribution in [0.2, 0.25) is 0 Å². The van der Waals surface area contributed by atoms with Crippen LogP contribution in [-0.2, 0) is 21.2 Å². The van der Waals surface area contributed by atoms with Gasteiger partial charge in [-0.1, -0.05) is 12.1 Å². The topological polar surface area (TPSA) is 118 Å². The van der Waals surface area contributed by atoms with Crippen LogP contribution in [0.1, 0.15) is 40.7 Å². The molecule has 0 heterocycles. The first-order chi connectivity index (χ1) is 13.2. The molecule has 0 saturated heterocycles. The Labute approximate surface area is 164 Å². The minimum absolute atomic E-state index is 0.0639. The fraction of sp³-hybridized carbons (Fsp3) is 0.300. The molecule has 2 amide bonds. The number of aryl methyl sites for hydroxylation is 2. The number of amides is 2. The quantitative estimate of drug-likeness (QED) is 0.628. The van der Waals surface area contributed by atoms with Crippen molar-refractivity contribution < 1.29 is 18.0 Å². The van der Waals surface area contributed by atoms with Gasteiger partial charge in [-0.05, 0) is 67.6 Å². The van der Waals surface area contributed by atoms with Gasteiger partial charge in [-0.15, -0.1) is 0 Å². The lowest BCUT2D eigenvalue weighted by Crippen LogP contribution is -2.25. The molecule has 148 valence electrons. The summed E-state index contributed by atoms with van der Waals surface area (Å²) < 4.78 is 26.9. The van der Waals surface area contributed by atoms with Crippen LogP contribution in [0.5, 0.6) is 0 Å². The predicted octanol–water partition coefficient (Wildman–Crippen LogP) is 2.11. The van der Waals surface area contributed by atoms with Gasteiger partial charge >= 0.3 is 0 Å². The van der Waals surface area contributed by atoms with E-state index in [0.29, 0.717) is 23.2 Å². The third-order valence-electron chi connectivity index (χ3n) is 4.55. The minimum atomic E-state index is -3.46. The zero-order chi connectivity index (χ0) is 20.3. The molecule has 2 aromatic rings. The average molecular weight is 401 g/mol. The van der Waals surface area contributed by atoms with Crippen molar-refractivity contribution in [3.05, 3.63) is 59.2 Å². The van der Waals surface area contributed by atoms with Crippen LogP contribution < -0.4 is 15.8 Å². The molecule has 0 radical (unpaired) electrons. The molecule has 0 bridgehead atoms. The number of anilines is 1.